The van der Waals surface area contributed by atoms with Crippen LogP contribution in [0.2, 0.25) is 0 Å². The first-order valence-electron chi connectivity index (χ1n) is 8.57. The minimum absolute atomic E-state index is 0.387. The number of nitriles is 1. The number of nitrogens with zero attached hydrogens (tertiary/aromatic N) is 2. The van der Waals surface area contributed by atoms with Gasteiger partial charge in [-0.3, -0.25) is 0 Å². The number of thiazole rings is 1. The smallest absolute Gasteiger partial charge is 0.345 e. The van der Waals surface area contributed by atoms with Crippen LogP contribution in [0.1, 0.15) is 10.6 Å². The van der Waals surface area contributed by atoms with Crippen molar-refractivity contribution < 1.29 is 4.42 Å². The Hall–Kier alpha value is -3.75. The van der Waals surface area contributed by atoms with Crippen molar-refractivity contribution in [3.63, 3.8) is 0 Å². The Balaban J connectivity index is 1.66. The lowest BCUT2D eigenvalue weighted by Gasteiger charge is -1.99. The van der Waals surface area contributed by atoms with Crippen molar-refractivity contribution >= 4 is 34.0 Å². The fourth-order valence-electron chi connectivity index (χ4n) is 2.74. The fourth-order valence-corrected chi connectivity index (χ4v) is 3.53. The van der Waals surface area contributed by atoms with Crippen molar-refractivity contribution in [1.29, 1.82) is 5.26 Å². The standard InChI is InChI=1S/C23H14N2O2S/c24-14-18(11-6-9-16-7-2-1-3-8-16)22-25-20(15-28-22)19-13-17-10-4-5-12-21(17)27-23(19)26/h1-13,15H/b9-6+,18-11+. The van der Waals surface area contributed by atoms with Gasteiger partial charge < -0.3 is 4.42 Å². The van der Waals surface area contributed by atoms with Crippen molar-refractivity contribution in [3.05, 3.63) is 99.2 Å². The second kappa shape index (κ2) is 7.87. The fraction of sp³-hybridized carbons (Fsp3) is 0. The van der Waals surface area contributed by atoms with E-state index in [9.17, 15) is 10.1 Å². The van der Waals surface area contributed by atoms with E-state index in [1.165, 1.54) is 11.3 Å². The minimum Gasteiger partial charge on any atom is -0.422 e. The van der Waals surface area contributed by atoms with Gasteiger partial charge in [0.15, 0.2) is 0 Å². The van der Waals surface area contributed by atoms with Gasteiger partial charge in [-0.2, -0.15) is 5.26 Å². The van der Waals surface area contributed by atoms with Crippen molar-refractivity contribution in [2.75, 3.05) is 0 Å². The maximum Gasteiger partial charge on any atom is 0.345 e. The summed E-state index contributed by atoms with van der Waals surface area (Å²) < 4.78 is 5.38. The number of allylic oxidation sites excluding steroid dienone is 3. The molecule has 4 rings (SSSR count). The van der Waals surface area contributed by atoms with E-state index >= 15 is 0 Å². The number of aromatic nitrogens is 1. The first-order valence-corrected chi connectivity index (χ1v) is 9.45. The Bertz CT molecular complexity index is 1290. The monoisotopic (exact) mass is 382 g/mol. The summed E-state index contributed by atoms with van der Waals surface area (Å²) in [5, 5.41) is 12.6. The third-order valence-corrected chi connectivity index (χ3v) is 5.00. The lowest BCUT2D eigenvalue weighted by Crippen LogP contribution is -2.02. The van der Waals surface area contributed by atoms with Crippen LogP contribution in [-0.4, -0.2) is 4.98 Å². The van der Waals surface area contributed by atoms with E-state index in [2.05, 4.69) is 11.1 Å². The molecule has 4 aromatic rings. The molecule has 0 N–H and O–H groups in total. The Morgan fingerprint density at radius 1 is 1.11 bits per heavy atom. The SMILES string of the molecule is N#C/C(=C\C=C\c1ccccc1)c1nc(-c2cc3ccccc3oc2=O)cs1. The predicted molar refractivity (Wildman–Crippen MR) is 113 cm³/mol. The Kier molecular flexibility index (Phi) is 4.96. The van der Waals surface area contributed by atoms with Crippen molar-refractivity contribution in [3.8, 4) is 17.3 Å². The molecule has 0 aliphatic heterocycles. The summed E-state index contributed by atoms with van der Waals surface area (Å²) in [6.07, 6.45) is 5.46. The molecule has 0 aliphatic carbocycles. The molecule has 0 unspecified atom stereocenters. The third-order valence-electron chi connectivity index (χ3n) is 4.12. The van der Waals surface area contributed by atoms with E-state index in [-0.39, 0.29) is 0 Å². The molecule has 28 heavy (non-hydrogen) atoms. The zero-order valence-corrected chi connectivity index (χ0v) is 15.5. The summed E-state index contributed by atoms with van der Waals surface area (Å²) in [4.78, 5) is 16.8. The highest BCUT2D eigenvalue weighted by Gasteiger charge is 2.13. The molecule has 5 heteroatoms. The van der Waals surface area contributed by atoms with Gasteiger partial charge >= 0.3 is 5.63 Å². The summed E-state index contributed by atoms with van der Waals surface area (Å²) in [6.45, 7) is 0. The zero-order chi connectivity index (χ0) is 19.3. The third kappa shape index (κ3) is 3.68. The Morgan fingerprint density at radius 3 is 2.71 bits per heavy atom. The van der Waals surface area contributed by atoms with Gasteiger partial charge in [0.1, 0.15) is 16.7 Å². The molecule has 0 radical (unpaired) electrons. The summed E-state index contributed by atoms with van der Waals surface area (Å²) >= 11 is 1.32. The molecule has 134 valence electrons. The highest BCUT2D eigenvalue weighted by molar-refractivity contribution is 7.11. The highest BCUT2D eigenvalue weighted by Crippen LogP contribution is 2.26. The van der Waals surface area contributed by atoms with Crippen molar-refractivity contribution in [2.24, 2.45) is 0 Å². The molecule has 0 saturated heterocycles. The normalized spacial score (nSPS) is 11.8. The Morgan fingerprint density at radius 2 is 1.89 bits per heavy atom. The molecule has 4 nitrogen and oxygen atoms in total. The molecule has 2 aromatic carbocycles. The van der Waals surface area contributed by atoms with Gasteiger partial charge in [0.2, 0.25) is 0 Å². The van der Waals surface area contributed by atoms with Crippen LogP contribution in [0.5, 0.6) is 0 Å². The summed E-state index contributed by atoms with van der Waals surface area (Å²) in [6, 6.07) is 21.1. The number of rotatable bonds is 4. The minimum atomic E-state index is -0.443. The molecule has 0 saturated carbocycles. The van der Waals surface area contributed by atoms with Gasteiger partial charge in [0, 0.05) is 10.8 Å². The van der Waals surface area contributed by atoms with Crippen molar-refractivity contribution in [2.45, 2.75) is 0 Å². The number of hydrogen-bond acceptors (Lipinski definition) is 5. The van der Waals surface area contributed by atoms with Crippen LogP contribution in [0.15, 0.2) is 87.4 Å². The Labute approximate surface area is 165 Å². The molecule has 2 heterocycles. The van der Waals surface area contributed by atoms with E-state index in [1.54, 1.807) is 23.6 Å². The number of hydrogen-bond donors (Lipinski definition) is 0. The largest absolute Gasteiger partial charge is 0.422 e. The molecule has 2 aromatic heterocycles. The first kappa shape index (κ1) is 17.7. The van der Waals surface area contributed by atoms with Gasteiger partial charge in [0.25, 0.3) is 0 Å². The molecule has 0 fully saturated rings. The van der Waals surface area contributed by atoms with Crippen LogP contribution < -0.4 is 5.63 Å². The lowest BCUT2D eigenvalue weighted by atomic mass is 10.1. The zero-order valence-electron chi connectivity index (χ0n) is 14.7. The van der Waals surface area contributed by atoms with E-state index < -0.39 is 5.63 Å². The maximum absolute atomic E-state index is 12.3. The first-order chi connectivity index (χ1) is 13.7. The maximum atomic E-state index is 12.3. The van der Waals surface area contributed by atoms with E-state index in [0.717, 1.165) is 10.9 Å². The van der Waals surface area contributed by atoms with Crippen LogP contribution >= 0.6 is 11.3 Å². The quantitative estimate of drug-likeness (QED) is 0.264. The van der Waals surface area contributed by atoms with E-state index in [1.807, 2.05) is 60.7 Å². The summed E-state index contributed by atoms with van der Waals surface area (Å²) in [7, 11) is 0. The second-order valence-corrected chi connectivity index (χ2v) is 6.84. The topological polar surface area (TPSA) is 66.9 Å². The number of para-hydroxylation sites is 1. The van der Waals surface area contributed by atoms with Crippen LogP contribution in [0.4, 0.5) is 0 Å². The molecule has 0 amide bonds. The number of fused-ring (bicyclic) bond motifs is 1. The van der Waals surface area contributed by atoms with Crippen LogP contribution in [0, 0.1) is 11.3 Å². The lowest BCUT2D eigenvalue weighted by molar-refractivity contribution is 0.563. The van der Waals surface area contributed by atoms with Crippen LogP contribution in [0.3, 0.4) is 0 Å². The van der Waals surface area contributed by atoms with Crippen LogP contribution in [-0.2, 0) is 0 Å². The van der Waals surface area contributed by atoms with E-state index in [4.69, 9.17) is 4.42 Å². The molecule has 0 aliphatic rings. The summed E-state index contributed by atoms with van der Waals surface area (Å²) in [5.74, 6) is 0. The highest BCUT2D eigenvalue weighted by atomic mass is 32.1. The van der Waals surface area contributed by atoms with Gasteiger partial charge in [-0.1, -0.05) is 60.7 Å². The number of benzene rings is 2. The van der Waals surface area contributed by atoms with E-state index in [0.29, 0.717) is 27.4 Å². The van der Waals surface area contributed by atoms with Gasteiger partial charge in [-0.25, -0.2) is 9.78 Å². The molecular formula is C23H14N2O2S. The molecule has 0 bridgehead atoms. The molecular weight excluding hydrogens is 368 g/mol. The molecule has 0 spiro atoms. The van der Waals surface area contributed by atoms with Gasteiger partial charge in [-0.15, -0.1) is 11.3 Å². The second-order valence-electron chi connectivity index (χ2n) is 5.99. The predicted octanol–water partition coefficient (Wildman–Crippen LogP) is 5.54. The van der Waals surface area contributed by atoms with Gasteiger partial charge in [0.05, 0.1) is 16.8 Å². The van der Waals surface area contributed by atoms with Crippen LogP contribution in [0.25, 0.3) is 33.9 Å². The summed E-state index contributed by atoms with van der Waals surface area (Å²) in [5.41, 5.74) is 2.47. The average Bonchev–Trinajstić information content (AvgIpc) is 3.21. The molecule has 0 atom stereocenters. The van der Waals surface area contributed by atoms with Gasteiger partial charge in [-0.05, 0) is 23.8 Å². The van der Waals surface area contributed by atoms with Crippen molar-refractivity contribution in [1.82, 2.24) is 4.98 Å². The average molecular weight is 382 g/mol.